The Morgan fingerprint density at radius 2 is 1.42 bits per heavy atom. The standard InChI is InChI=1S/C17H21NS/c1-3-18(13-15-7-5-4-6-8-15)14-16-9-11-17(19-2)12-10-16/h4-12H,3,13-14H2,1-2H3. The fourth-order valence-electron chi connectivity index (χ4n) is 2.11. The lowest BCUT2D eigenvalue weighted by molar-refractivity contribution is 0.271. The molecular formula is C17H21NS. The van der Waals surface area contributed by atoms with Gasteiger partial charge in [-0.15, -0.1) is 11.8 Å². The Balaban J connectivity index is 1.98. The van der Waals surface area contributed by atoms with Gasteiger partial charge in [-0.3, -0.25) is 4.90 Å². The molecule has 0 heterocycles. The van der Waals surface area contributed by atoms with Crippen molar-refractivity contribution < 1.29 is 0 Å². The van der Waals surface area contributed by atoms with Gasteiger partial charge in [0.05, 0.1) is 0 Å². The lowest BCUT2D eigenvalue weighted by Gasteiger charge is -2.20. The first-order chi connectivity index (χ1) is 9.31. The van der Waals surface area contributed by atoms with Gasteiger partial charge in [-0.1, -0.05) is 49.4 Å². The zero-order valence-corrected chi connectivity index (χ0v) is 12.5. The van der Waals surface area contributed by atoms with Gasteiger partial charge in [0.25, 0.3) is 0 Å². The lowest BCUT2D eigenvalue weighted by atomic mass is 10.1. The summed E-state index contributed by atoms with van der Waals surface area (Å²) in [5.74, 6) is 0. The maximum absolute atomic E-state index is 2.46. The highest BCUT2D eigenvalue weighted by atomic mass is 32.2. The molecule has 0 amide bonds. The smallest absolute Gasteiger partial charge is 0.0237 e. The van der Waals surface area contributed by atoms with Crippen LogP contribution in [0.25, 0.3) is 0 Å². The van der Waals surface area contributed by atoms with Crippen molar-refractivity contribution >= 4 is 11.8 Å². The topological polar surface area (TPSA) is 3.24 Å². The Morgan fingerprint density at radius 3 is 1.95 bits per heavy atom. The van der Waals surface area contributed by atoms with Gasteiger partial charge in [0.15, 0.2) is 0 Å². The van der Waals surface area contributed by atoms with E-state index in [-0.39, 0.29) is 0 Å². The number of rotatable bonds is 6. The summed E-state index contributed by atoms with van der Waals surface area (Å²) in [6.07, 6.45) is 2.11. The van der Waals surface area contributed by atoms with Crippen LogP contribution in [0.2, 0.25) is 0 Å². The molecule has 0 radical (unpaired) electrons. The molecule has 0 N–H and O–H groups in total. The summed E-state index contributed by atoms with van der Waals surface area (Å²) in [4.78, 5) is 3.79. The highest BCUT2D eigenvalue weighted by Crippen LogP contribution is 2.16. The molecule has 0 bridgehead atoms. The molecule has 0 aliphatic carbocycles. The molecule has 0 saturated heterocycles. The third-order valence-electron chi connectivity index (χ3n) is 3.26. The molecule has 100 valence electrons. The van der Waals surface area contributed by atoms with Crippen molar-refractivity contribution in [2.75, 3.05) is 12.8 Å². The van der Waals surface area contributed by atoms with Crippen molar-refractivity contribution in [1.82, 2.24) is 4.90 Å². The average Bonchev–Trinajstić information content (AvgIpc) is 2.48. The molecule has 0 aliphatic heterocycles. The quantitative estimate of drug-likeness (QED) is 0.715. The van der Waals surface area contributed by atoms with Crippen molar-refractivity contribution in [1.29, 1.82) is 0 Å². The zero-order valence-electron chi connectivity index (χ0n) is 11.7. The summed E-state index contributed by atoms with van der Waals surface area (Å²) in [5.41, 5.74) is 2.76. The third-order valence-corrected chi connectivity index (χ3v) is 4.01. The molecule has 2 aromatic carbocycles. The van der Waals surface area contributed by atoms with Gasteiger partial charge in [-0.05, 0) is 36.1 Å². The first-order valence-electron chi connectivity index (χ1n) is 6.71. The van der Waals surface area contributed by atoms with Crippen molar-refractivity contribution in [2.24, 2.45) is 0 Å². The Morgan fingerprint density at radius 1 is 0.842 bits per heavy atom. The minimum absolute atomic E-state index is 1.01. The van der Waals surface area contributed by atoms with E-state index in [2.05, 4.69) is 72.7 Å². The normalized spacial score (nSPS) is 10.9. The van der Waals surface area contributed by atoms with Crippen LogP contribution in [0.5, 0.6) is 0 Å². The number of hydrogen-bond acceptors (Lipinski definition) is 2. The van der Waals surface area contributed by atoms with E-state index in [1.54, 1.807) is 11.8 Å². The maximum Gasteiger partial charge on any atom is 0.0237 e. The number of hydrogen-bond donors (Lipinski definition) is 0. The van der Waals surface area contributed by atoms with Crippen LogP contribution in [0, 0.1) is 0 Å². The minimum Gasteiger partial charge on any atom is -0.295 e. The van der Waals surface area contributed by atoms with E-state index in [4.69, 9.17) is 0 Å². The maximum atomic E-state index is 2.46. The Hall–Kier alpha value is -1.25. The number of benzene rings is 2. The van der Waals surface area contributed by atoms with Crippen molar-refractivity contribution in [3.63, 3.8) is 0 Å². The van der Waals surface area contributed by atoms with Crippen LogP contribution in [0.1, 0.15) is 18.1 Å². The molecule has 2 aromatic rings. The lowest BCUT2D eigenvalue weighted by Crippen LogP contribution is -2.22. The van der Waals surface area contributed by atoms with Crippen LogP contribution in [0.15, 0.2) is 59.5 Å². The predicted octanol–water partition coefficient (Wildman–Crippen LogP) is 4.43. The molecule has 0 atom stereocenters. The largest absolute Gasteiger partial charge is 0.295 e. The molecule has 0 saturated carbocycles. The summed E-state index contributed by atoms with van der Waals surface area (Å²) >= 11 is 1.79. The third kappa shape index (κ3) is 4.41. The first-order valence-corrected chi connectivity index (χ1v) is 7.93. The number of nitrogens with zero attached hydrogens (tertiary/aromatic N) is 1. The molecule has 2 rings (SSSR count). The minimum atomic E-state index is 1.01. The Labute approximate surface area is 120 Å². The molecule has 0 spiro atoms. The van der Waals surface area contributed by atoms with Crippen LogP contribution in [-0.4, -0.2) is 17.7 Å². The van der Waals surface area contributed by atoms with Crippen LogP contribution in [0.3, 0.4) is 0 Å². The van der Waals surface area contributed by atoms with E-state index in [0.717, 1.165) is 19.6 Å². The molecule has 0 aliphatic rings. The second kappa shape index (κ2) is 7.37. The van der Waals surface area contributed by atoms with Gasteiger partial charge >= 0.3 is 0 Å². The fraction of sp³-hybridized carbons (Fsp3) is 0.294. The SMILES string of the molecule is CCN(Cc1ccccc1)Cc1ccc(SC)cc1. The monoisotopic (exact) mass is 271 g/mol. The van der Waals surface area contributed by atoms with Crippen LogP contribution in [0.4, 0.5) is 0 Å². The molecule has 1 nitrogen and oxygen atoms in total. The van der Waals surface area contributed by atoms with E-state index in [0.29, 0.717) is 0 Å². The molecular weight excluding hydrogens is 250 g/mol. The van der Waals surface area contributed by atoms with Gasteiger partial charge < -0.3 is 0 Å². The summed E-state index contributed by atoms with van der Waals surface area (Å²) in [7, 11) is 0. The molecule has 2 heteroatoms. The average molecular weight is 271 g/mol. The summed E-state index contributed by atoms with van der Waals surface area (Å²) in [6, 6.07) is 19.6. The van der Waals surface area contributed by atoms with E-state index in [1.807, 2.05) is 0 Å². The second-order valence-corrected chi connectivity index (χ2v) is 5.52. The highest BCUT2D eigenvalue weighted by Gasteiger charge is 2.04. The van der Waals surface area contributed by atoms with Crippen LogP contribution in [-0.2, 0) is 13.1 Å². The summed E-state index contributed by atoms with van der Waals surface area (Å²) in [5, 5.41) is 0. The Kier molecular flexibility index (Phi) is 5.49. The van der Waals surface area contributed by atoms with Crippen LogP contribution >= 0.6 is 11.8 Å². The molecule has 0 fully saturated rings. The first kappa shape index (κ1) is 14.2. The van der Waals surface area contributed by atoms with Gasteiger partial charge in [-0.2, -0.15) is 0 Å². The zero-order chi connectivity index (χ0) is 13.5. The Bertz CT molecular complexity index is 478. The number of thioether (sulfide) groups is 1. The van der Waals surface area contributed by atoms with Crippen molar-refractivity contribution in [2.45, 2.75) is 24.9 Å². The second-order valence-electron chi connectivity index (χ2n) is 4.64. The summed E-state index contributed by atoms with van der Waals surface area (Å²) in [6.45, 7) is 5.32. The van der Waals surface area contributed by atoms with Gasteiger partial charge in [0.1, 0.15) is 0 Å². The summed E-state index contributed by atoms with van der Waals surface area (Å²) < 4.78 is 0. The van der Waals surface area contributed by atoms with Gasteiger partial charge in [0.2, 0.25) is 0 Å². The predicted molar refractivity (Wildman–Crippen MR) is 84.5 cm³/mol. The van der Waals surface area contributed by atoms with Crippen LogP contribution < -0.4 is 0 Å². The van der Waals surface area contributed by atoms with E-state index in [9.17, 15) is 0 Å². The molecule has 0 aromatic heterocycles. The molecule has 0 unspecified atom stereocenters. The van der Waals surface area contributed by atoms with E-state index in [1.165, 1.54) is 16.0 Å². The van der Waals surface area contributed by atoms with Gasteiger partial charge in [0, 0.05) is 18.0 Å². The van der Waals surface area contributed by atoms with E-state index >= 15 is 0 Å². The fourth-order valence-corrected chi connectivity index (χ4v) is 2.52. The van der Waals surface area contributed by atoms with Crippen molar-refractivity contribution in [3.8, 4) is 0 Å². The molecule has 19 heavy (non-hydrogen) atoms. The van der Waals surface area contributed by atoms with Crippen molar-refractivity contribution in [3.05, 3.63) is 65.7 Å². The van der Waals surface area contributed by atoms with E-state index < -0.39 is 0 Å². The van der Waals surface area contributed by atoms with Gasteiger partial charge in [-0.25, -0.2) is 0 Å². The highest BCUT2D eigenvalue weighted by molar-refractivity contribution is 7.98.